The zero-order valence-corrected chi connectivity index (χ0v) is 10.3. The maximum Gasteiger partial charge on any atom is -0.0254 e. The van der Waals surface area contributed by atoms with Crippen LogP contribution in [-0.2, 0) is 6.42 Å². The van der Waals surface area contributed by atoms with Gasteiger partial charge in [0.15, 0.2) is 0 Å². The molecule has 0 fully saturated rings. The molecular formula is C17H18. The van der Waals surface area contributed by atoms with E-state index in [1.54, 1.807) is 0 Å². The molecule has 0 heterocycles. The summed E-state index contributed by atoms with van der Waals surface area (Å²) in [5.74, 6) is 0. The van der Waals surface area contributed by atoms with E-state index in [2.05, 4.69) is 67.6 Å². The van der Waals surface area contributed by atoms with Crippen molar-refractivity contribution in [1.29, 1.82) is 0 Å². The highest BCUT2D eigenvalue weighted by Gasteiger charge is 1.92. The third-order valence-electron chi connectivity index (χ3n) is 2.76. The van der Waals surface area contributed by atoms with E-state index in [4.69, 9.17) is 0 Å². The van der Waals surface area contributed by atoms with Gasteiger partial charge in [0, 0.05) is 0 Å². The summed E-state index contributed by atoms with van der Waals surface area (Å²) >= 11 is 0. The Labute approximate surface area is 104 Å². The number of benzene rings is 2. The first-order chi connectivity index (χ1) is 8.38. The summed E-state index contributed by atoms with van der Waals surface area (Å²) in [4.78, 5) is 0. The van der Waals surface area contributed by atoms with Crippen LogP contribution in [0.25, 0.3) is 12.2 Å². The fraction of sp³-hybridized carbons (Fsp3) is 0.176. The first-order valence-electron chi connectivity index (χ1n) is 6.20. The van der Waals surface area contributed by atoms with Crippen molar-refractivity contribution in [2.24, 2.45) is 0 Å². The van der Waals surface area contributed by atoms with Gasteiger partial charge in [-0.1, -0.05) is 80.1 Å². The molecule has 0 saturated heterocycles. The smallest absolute Gasteiger partial charge is 0.0254 e. The highest BCUT2D eigenvalue weighted by atomic mass is 14.0. The minimum atomic E-state index is 1.16. The van der Waals surface area contributed by atoms with Gasteiger partial charge in [-0.15, -0.1) is 0 Å². The number of hydrogen-bond acceptors (Lipinski definition) is 0. The molecule has 2 aromatic carbocycles. The normalized spacial score (nSPS) is 10.9. The van der Waals surface area contributed by atoms with E-state index < -0.39 is 0 Å². The molecule has 0 saturated carbocycles. The molecule has 0 atom stereocenters. The Kier molecular flexibility index (Phi) is 4.15. The average Bonchev–Trinajstić information content (AvgIpc) is 2.39. The van der Waals surface area contributed by atoms with Gasteiger partial charge < -0.3 is 0 Å². The van der Waals surface area contributed by atoms with Crippen molar-refractivity contribution < 1.29 is 0 Å². The molecule has 2 aromatic rings. The monoisotopic (exact) mass is 222 g/mol. The van der Waals surface area contributed by atoms with Crippen LogP contribution >= 0.6 is 0 Å². The second-order valence-electron chi connectivity index (χ2n) is 4.24. The van der Waals surface area contributed by atoms with Gasteiger partial charge in [0.1, 0.15) is 0 Å². The Bertz CT molecular complexity index is 480. The molecule has 0 N–H and O–H groups in total. The minimum Gasteiger partial charge on any atom is -0.0651 e. The molecule has 2 rings (SSSR count). The lowest BCUT2D eigenvalue weighted by Gasteiger charge is -2.00. The largest absolute Gasteiger partial charge is 0.0651 e. The van der Waals surface area contributed by atoms with Crippen LogP contribution in [0.1, 0.15) is 30.0 Å². The summed E-state index contributed by atoms with van der Waals surface area (Å²) in [7, 11) is 0. The molecule has 0 aliphatic carbocycles. The molecule has 0 radical (unpaired) electrons. The topological polar surface area (TPSA) is 0 Å². The molecule has 0 nitrogen and oxygen atoms in total. The van der Waals surface area contributed by atoms with Gasteiger partial charge in [-0.3, -0.25) is 0 Å². The number of aryl methyl sites for hydroxylation is 1. The van der Waals surface area contributed by atoms with Gasteiger partial charge >= 0.3 is 0 Å². The molecule has 0 amide bonds. The Morgan fingerprint density at radius 2 is 1.53 bits per heavy atom. The highest BCUT2D eigenvalue weighted by molar-refractivity contribution is 5.69. The summed E-state index contributed by atoms with van der Waals surface area (Å²) in [6.45, 7) is 2.21. The molecule has 86 valence electrons. The van der Waals surface area contributed by atoms with Crippen molar-refractivity contribution in [3.05, 3.63) is 71.3 Å². The zero-order valence-electron chi connectivity index (χ0n) is 10.3. The molecule has 0 aromatic heterocycles. The van der Waals surface area contributed by atoms with Crippen molar-refractivity contribution in [1.82, 2.24) is 0 Å². The van der Waals surface area contributed by atoms with Crippen molar-refractivity contribution in [2.45, 2.75) is 19.8 Å². The van der Waals surface area contributed by atoms with Crippen molar-refractivity contribution >= 4 is 12.2 Å². The zero-order chi connectivity index (χ0) is 11.9. The lowest BCUT2D eigenvalue weighted by molar-refractivity contribution is 0.921. The van der Waals surface area contributed by atoms with E-state index >= 15 is 0 Å². The highest BCUT2D eigenvalue weighted by Crippen LogP contribution is 2.11. The van der Waals surface area contributed by atoms with Gasteiger partial charge in [0.25, 0.3) is 0 Å². The van der Waals surface area contributed by atoms with Gasteiger partial charge in [-0.25, -0.2) is 0 Å². The Morgan fingerprint density at radius 3 is 2.29 bits per heavy atom. The van der Waals surface area contributed by atoms with Crippen LogP contribution in [0, 0.1) is 0 Å². The quantitative estimate of drug-likeness (QED) is 0.651. The lowest BCUT2D eigenvalue weighted by Crippen LogP contribution is -1.83. The fourth-order valence-electron chi connectivity index (χ4n) is 1.90. The molecule has 0 spiro atoms. The molecule has 0 heteroatoms. The Hall–Kier alpha value is -1.82. The maximum atomic E-state index is 2.27. The van der Waals surface area contributed by atoms with Gasteiger partial charge in [-0.05, 0) is 23.1 Å². The van der Waals surface area contributed by atoms with E-state index in [1.807, 2.05) is 6.07 Å². The summed E-state index contributed by atoms with van der Waals surface area (Å²) in [6.07, 6.45) is 6.69. The third kappa shape index (κ3) is 3.60. The lowest BCUT2D eigenvalue weighted by atomic mass is 10.1. The van der Waals surface area contributed by atoms with E-state index in [9.17, 15) is 0 Å². The first kappa shape index (κ1) is 11.7. The van der Waals surface area contributed by atoms with E-state index in [-0.39, 0.29) is 0 Å². The molecular weight excluding hydrogens is 204 g/mol. The maximum absolute atomic E-state index is 2.27. The number of hydrogen-bond donors (Lipinski definition) is 0. The van der Waals surface area contributed by atoms with Gasteiger partial charge in [-0.2, -0.15) is 0 Å². The van der Waals surface area contributed by atoms with Crippen LogP contribution in [0.15, 0.2) is 54.6 Å². The molecule has 0 aliphatic rings. The van der Waals surface area contributed by atoms with E-state index in [1.165, 1.54) is 23.1 Å². The van der Waals surface area contributed by atoms with E-state index in [0.717, 1.165) is 6.42 Å². The minimum absolute atomic E-state index is 1.16. The van der Waals surface area contributed by atoms with Crippen LogP contribution in [0.4, 0.5) is 0 Å². The van der Waals surface area contributed by atoms with Crippen LogP contribution in [0.2, 0.25) is 0 Å². The van der Waals surface area contributed by atoms with Gasteiger partial charge in [0.05, 0.1) is 0 Å². The van der Waals surface area contributed by atoms with Crippen LogP contribution in [0.5, 0.6) is 0 Å². The second-order valence-corrected chi connectivity index (χ2v) is 4.24. The fourth-order valence-corrected chi connectivity index (χ4v) is 1.90. The summed E-state index contributed by atoms with van der Waals surface area (Å²) < 4.78 is 0. The Balaban J connectivity index is 2.13. The molecule has 0 bridgehead atoms. The SMILES string of the molecule is CCCc1cccc(C=Cc2ccccc2)c1. The van der Waals surface area contributed by atoms with E-state index in [0.29, 0.717) is 0 Å². The van der Waals surface area contributed by atoms with Crippen LogP contribution in [0.3, 0.4) is 0 Å². The van der Waals surface area contributed by atoms with Crippen molar-refractivity contribution in [3.63, 3.8) is 0 Å². The average molecular weight is 222 g/mol. The standard InChI is InChI=1S/C17H18/c1-2-7-16-10-6-11-17(14-16)13-12-15-8-4-3-5-9-15/h3-6,8-14H,2,7H2,1H3. The van der Waals surface area contributed by atoms with Crippen LogP contribution < -0.4 is 0 Å². The summed E-state index contributed by atoms with van der Waals surface area (Å²) in [6, 6.07) is 19.2. The number of rotatable bonds is 4. The predicted molar refractivity (Wildman–Crippen MR) is 75.8 cm³/mol. The summed E-state index contributed by atoms with van der Waals surface area (Å²) in [5.41, 5.74) is 3.94. The molecule has 17 heavy (non-hydrogen) atoms. The molecule has 0 unspecified atom stereocenters. The van der Waals surface area contributed by atoms with Crippen molar-refractivity contribution in [3.8, 4) is 0 Å². The molecule has 0 aliphatic heterocycles. The van der Waals surface area contributed by atoms with Crippen LogP contribution in [-0.4, -0.2) is 0 Å². The first-order valence-corrected chi connectivity index (χ1v) is 6.20. The summed E-state index contributed by atoms with van der Waals surface area (Å²) in [5, 5.41) is 0. The third-order valence-corrected chi connectivity index (χ3v) is 2.76. The second kappa shape index (κ2) is 6.05. The predicted octanol–water partition coefficient (Wildman–Crippen LogP) is 4.81. The van der Waals surface area contributed by atoms with Gasteiger partial charge in [0.2, 0.25) is 0 Å². The van der Waals surface area contributed by atoms with Crippen molar-refractivity contribution in [2.75, 3.05) is 0 Å². The Morgan fingerprint density at radius 1 is 0.824 bits per heavy atom.